The molecular weight excluding hydrogens is 322 g/mol. The van der Waals surface area contributed by atoms with Gasteiger partial charge < -0.3 is 9.72 Å². The third-order valence-corrected chi connectivity index (χ3v) is 5.33. The van der Waals surface area contributed by atoms with Crippen LogP contribution >= 0.6 is 0 Å². The van der Waals surface area contributed by atoms with E-state index in [4.69, 9.17) is 0 Å². The van der Waals surface area contributed by atoms with Crippen molar-refractivity contribution in [3.05, 3.63) is 54.4 Å². The van der Waals surface area contributed by atoms with Crippen LogP contribution in [0, 0.1) is 12.8 Å². The van der Waals surface area contributed by atoms with E-state index in [1.54, 1.807) is 0 Å². The first-order chi connectivity index (χ1) is 12.7. The number of imidazole rings is 1. The van der Waals surface area contributed by atoms with Crippen molar-refractivity contribution in [2.75, 3.05) is 5.32 Å². The minimum absolute atomic E-state index is 0.118. The molecule has 2 aromatic heterocycles. The van der Waals surface area contributed by atoms with Crippen molar-refractivity contribution in [3.63, 3.8) is 0 Å². The van der Waals surface area contributed by atoms with Crippen LogP contribution in [-0.2, 0) is 4.79 Å². The van der Waals surface area contributed by atoms with E-state index in [1.165, 1.54) is 31.2 Å². The van der Waals surface area contributed by atoms with Crippen LogP contribution in [-0.4, -0.2) is 15.3 Å². The summed E-state index contributed by atoms with van der Waals surface area (Å²) in [5.74, 6) is 0.870. The number of aromatic nitrogens is 2. The molecule has 1 aliphatic carbocycles. The number of benzene rings is 1. The molecule has 0 atom stereocenters. The maximum atomic E-state index is 12.1. The molecular formula is C22H25N3O. The maximum absolute atomic E-state index is 12.1. The number of anilines is 1. The highest BCUT2D eigenvalue weighted by Gasteiger charge is 2.16. The van der Waals surface area contributed by atoms with Crippen molar-refractivity contribution >= 4 is 17.2 Å². The summed E-state index contributed by atoms with van der Waals surface area (Å²) < 4.78 is 2.03. The number of hydrogen-bond donors (Lipinski definition) is 1. The minimum atomic E-state index is 0.118. The van der Waals surface area contributed by atoms with E-state index in [0.29, 0.717) is 6.42 Å². The second-order valence-electron chi connectivity index (χ2n) is 7.41. The minimum Gasteiger partial charge on any atom is -0.326 e. The standard InChI is InChI=1S/C22H25N3O/c1-16-12-13-25-15-20(24-21(25)14-16)18-7-9-19(10-8-18)23-22(26)11-6-17-4-2-3-5-17/h7-10,12-15,17H,2-6,11H2,1H3,(H,23,26). The zero-order valence-corrected chi connectivity index (χ0v) is 15.2. The molecule has 0 bridgehead atoms. The Balaban J connectivity index is 1.40. The van der Waals surface area contributed by atoms with Crippen LogP contribution in [0.2, 0.25) is 0 Å². The molecule has 0 unspecified atom stereocenters. The molecule has 1 aromatic carbocycles. The zero-order chi connectivity index (χ0) is 17.9. The van der Waals surface area contributed by atoms with E-state index in [-0.39, 0.29) is 5.91 Å². The van der Waals surface area contributed by atoms with Crippen molar-refractivity contribution in [2.45, 2.75) is 45.4 Å². The second-order valence-corrected chi connectivity index (χ2v) is 7.41. The number of nitrogens with zero attached hydrogens (tertiary/aromatic N) is 2. The molecule has 1 fully saturated rings. The van der Waals surface area contributed by atoms with Gasteiger partial charge in [0.1, 0.15) is 5.65 Å². The summed E-state index contributed by atoms with van der Waals surface area (Å²) in [7, 11) is 0. The van der Waals surface area contributed by atoms with Gasteiger partial charge in [-0.2, -0.15) is 0 Å². The van der Waals surface area contributed by atoms with Crippen LogP contribution in [0.15, 0.2) is 48.8 Å². The number of carbonyl (C=O) groups is 1. The number of aryl methyl sites for hydroxylation is 1. The lowest BCUT2D eigenvalue weighted by Crippen LogP contribution is -2.12. The highest BCUT2D eigenvalue weighted by atomic mass is 16.1. The fourth-order valence-electron chi connectivity index (χ4n) is 3.80. The van der Waals surface area contributed by atoms with Gasteiger partial charge in [0, 0.05) is 30.1 Å². The summed E-state index contributed by atoms with van der Waals surface area (Å²) in [4.78, 5) is 16.8. The quantitative estimate of drug-likeness (QED) is 0.688. The van der Waals surface area contributed by atoms with Gasteiger partial charge in [-0.05, 0) is 49.1 Å². The van der Waals surface area contributed by atoms with Gasteiger partial charge in [0.2, 0.25) is 5.91 Å². The Labute approximate surface area is 154 Å². The van der Waals surface area contributed by atoms with Crippen LogP contribution in [0.1, 0.15) is 44.1 Å². The van der Waals surface area contributed by atoms with Gasteiger partial charge >= 0.3 is 0 Å². The third-order valence-electron chi connectivity index (χ3n) is 5.33. The SMILES string of the molecule is Cc1ccn2cc(-c3ccc(NC(=O)CCC4CCCC4)cc3)nc2c1. The Bertz CT molecular complexity index is 905. The lowest BCUT2D eigenvalue weighted by molar-refractivity contribution is -0.116. The Hall–Kier alpha value is -2.62. The average Bonchev–Trinajstić information content (AvgIpc) is 3.29. The molecule has 3 aromatic rings. The number of rotatable bonds is 5. The van der Waals surface area contributed by atoms with Gasteiger partial charge in [0.25, 0.3) is 0 Å². The summed E-state index contributed by atoms with van der Waals surface area (Å²) >= 11 is 0. The smallest absolute Gasteiger partial charge is 0.224 e. The largest absolute Gasteiger partial charge is 0.326 e. The van der Waals surface area contributed by atoms with Gasteiger partial charge in [0.05, 0.1) is 5.69 Å². The van der Waals surface area contributed by atoms with Crippen LogP contribution in [0.3, 0.4) is 0 Å². The van der Waals surface area contributed by atoms with Crippen molar-refractivity contribution in [1.82, 2.24) is 9.38 Å². The van der Waals surface area contributed by atoms with Gasteiger partial charge in [-0.1, -0.05) is 37.8 Å². The predicted octanol–water partition coefficient (Wildman–Crippen LogP) is 5.22. The first-order valence-corrected chi connectivity index (χ1v) is 9.53. The van der Waals surface area contributed by atoms with E-state index in [9.17, 15) is 4.79 Å². The van der Waals surface area contributed by atoms with E-state index in [0.717, 1.165) is 34.9 Å². The Morgan fingerprint density at radius 2 is 1.96 bits per heavy atom. The summed E-state index contributed by atoms with van der Waals surface area (Å²) in [6, 6.07) is 12.1. The highest BCUT2D eigenvalue weighted by molar-refractivity contribution is 5.90. The number of nitrogens with one attached hydrogen (secondary N) is 1. The second kappa shape index (κ2) is 7.32. The fourth-order valence-corrected chi connectivity index (χ4v) is 3.80. The van der Waals surface area contributed by atoms with Gasteiger partial charge in [-0.3, -0.25) is 4.79 Å². The molecule has 26 heavy (non-hydrogen) atoms. The van der Waals surface area contributed by atoms with Crippen molar-refractivity contribution in [1.29, 1.82) is 0 Å². The number of pyridine rings is 1. The molecule has 0 aliphatic heterocycles. The molecule has 1 amide bonds. The predicted molar refractivity (Wildman–Crippen MR) is 105 cm³/mol. The molecule has 2 heterocycles. The third kappa shape index (κ3) is 3.79. The van der Waals surface area contributed by atoms with Crippen LogP contribution in [0.4, 0.5) is 5.69 Å². The van der Waals surface area contributed by atoms with E-state index in [1.807, 2.05) is 41.1 Å². The number of amides is 1. The first kappa shape index (κ1) is 16.8. The first-order valence-electron chi connectivity index (χ1n) is 9.53. The molecule has 1 aliphatic rings. The number of carbonyl (C=O) groups excluding carboxylic acids is 1. The molecule has 1 N–H and O–H groups in total. The highest BCUT2D eigenvalue weighted by Crippen LogP contribution is 2.28. The maximum Gasteiger partial charge on any atom is 0.224 e. The van der Waals surface area contributed by atoms with Gasteiger partial charge in [-0.25, -0.2) is 4.98 Å². The fraction of sp³-hybridized carbons (Fsp3) is 0.364. The van der Waals surface area contributed by atoms with Crippen LogP contribution in [0.25, 0.3) is 16.9 Å². The summed E-state index contributed by atoms with van der Waals surface area (Å²) in [6.45, 7) is 2.07. The molecule has 134 valence electrons. The normalized spacial score (nSPS) is 14.8. The number of hydrogen-bond acceptors (Lipinski definition) is 2. The summed E-state index contributed by atoms with van der Waals surface area (Å²) in [6.07, 6.45) is 10.9. The molecule has 4 heteroatoms. The molecule has 0 saturated heterocycles. The monoisotopic (exact) mass is 347 g/mol. The molecule has 4 rings (SSSR count). The van der Waals surface area contributed by atoms with Gasteiger partial charge in [-0.15, -0.1) is 0 Å². The van der Waals surface area contributed by atoms with Crippen molar-refractivity contribution in [2.24, 2.45) is 5.92 Å². The Kier molecular flexibility index (Phi) is 4.74. The molecule has 0 radical (unpaired) electrons. The molecule has 0 spiro atoms. The molecule has 4 nitrogen and oxygen atoms in total. The van der Waals surface area contributed by atoms with Gasteiger partial charge in [0.15, 0.2) is 0 Å². The van der Waals surface area contributed by atoms with E-state index < -0.39 is 0 Å². The topological polar surface area (TPSA) is 46.4 Å². The van der Waals surface area contributed by atoms with E-state index >= 15 is 0 Å². The van der Waals surface area contributed by atoms with Crippen LogP contribution in [0.5, 0.6) is 0 Å². The lowest BCUT2D eigenvalue weighted by atomic mass is 10.0. The van der Waals surface area contributed by atoms with Crippen molar-refractivity contribution in [3.8, 4) is 11.3 Å². The van der Waals surface area contributed by atoms with Crippen LogP contribution < -0.4 is 5.32 Å². The zero-order valence-electron chi connectivity index (χ0n) is 15.2. The summed E-state index contributed by atoms with van der Waals surface area (Å²) in [5, 5.41) is 3.01. The Morgan fingerprint density at radius 1 is 1.19 bits per heavy atom. The van der Waals surface area contributed by atoms with Crippen molar-refractivity contribution < 1.29 is 4.79 Å². The summed E-state index contributed by atoms with van der Waals surface area (Å²) in [5.41, 5.74) is 4.99. The number of fused-ring (bicyclic) bond motifs is 1. The average molecular weight is 347 g/mol. The lowest BCUT2D eigenvalue weighted by Gasteiger charge is -2.09. The van der Waals surface area contributed by atoms with E-state index in [2.05, 4.69) is 29.4 Å². The Morgan fingerprint density at radius 3 is 2.73 bits per heavy atom. The molecule has 1 saturated carbocycles.